The Bertz CT molecular complexity index is 1290. The van der Waals surface area contributed by atoms with Gasteiger partial charge in [0.1, 0.15) is 4.83 Å². The summed E-state index contributed by atoms with van der Waals surface area (Å²) >= 11 is 1.26. The summed E-state index contributed by atoms with van der Waals surface area (Å²) in [6.45, 7) is 4.77. The van der Waals surface area contributed by atoms with Crippen LogP contribution in [0.2, 0.25) is 0 Å². The quantitative estimate of drug-likeness (QED) is 0.552. The molecule has 9 heteroatoms. The molecule has 0 radical (unpaired) electrons. The summed E-state index contributed by atoms with van der Waals surface area (Å²) in [5.41, 5.74) is 1.46. The van der Waals surface area contributed by atoms with Gasteiger partial charge in [0.2, 0.25) is 0 Å². The highest BCUT2D eigenvalue weighted by atomic mass is 32.1. The molecule has 1 aliphatic heterocycles. The first-order chi connectivity index (χ1) is 14.0. The van der Waals surface area contributed by atoms with Crippen molar-refractivity contribution in [2.45, 2.75) is 26.4 Å². The fourth-order valence-electron chi connectivity index (χ4n) is 3.90. The standard InChI is InChI=1S/C20H18N6O2S/c1-11-8-25(9-14-23-24-17(26(11)14)13-6-4-3-5-7-13)20(28)16-12(2)15-18(27)21-10-22-19(15)29-16/h3-7,10-11H,8-9H2,1-2H3,(H,21,22,27)/t11-/m0/s1. The van der Waals surface area contributed by atoms with Gasteiger partial charge in [-0.1, -0.05) is 30.3 Å². The van der Waals surface area contributed by atoms with Gasteiger partial charge < -0.3 is 14.5 Å². The second-order valence-corrected chi connectivity index (χ2v) is 8.18. The highest BCUT2D eigenvalue weighted by Crippen LogP contribution is 2.31. The molecule has 1 aromatic carbocycles. The van der Waals surface area contributed by atoms with Gasteiger partial charge in [0.05, 0.1) is 29.2 Å². The number of nitrogens with zero attached hydrogens (tertiary/aromatic N) is 5. The number of nitrogens with one attached hydrogen (secondary N) is 1. The predicted molar refractivity (Wildman–Crippen MR) is 110 cm³/mol. The van der Waals surface area contributed by atoms with Crippen molar-refractivity contribution in [1.82, 2.24) is 29.6 Å². The highest BCUT2D eigenvalue weighted by Gasteiger charge is 2.32. The second kappa shape index (κ2) is 6.63. The number of aromatic amines is 1. The van der Waals surface area contributed by atoms with E-state index in [1.807, 2.05) is 30.3 Å². The number of H-pyrrole nitrogens is 1. The lowest BCUT2D eigenvalue weighted by atomic mass is 10.1. The number of carbonyl (C=O) groups excluding carboxylic acids is 1. The van der Waals surface area contributed by atoms with Crippen LogP contribution in [0.5, 0.6) is 0 Å². The first kappa shape index (κ1) is 17.7. The van der Waals surface area contributed by atoms with E-state index >= 15 is 0 Å². The predicted octanol–water partition coefficient (Wildman–Crippen LogP) is 2.77. The number of aryl methyl sites for hydroxylation is 1. The molecule has 8 nitrogen and oxygen atoms in total. The second-order valence-electron chi connectivity index (χ2n) is 7.18. The Balaban J connectivity index is 1.50. The molecule has 0 fully saturated rings. The fourth-order valence-corrected chi connectivity index (χ4v) is 5.01. The summed E-state index contributed by atoms with van der Waals surface area (Å²) in [5, 5.41) is 9.20. The average molecular weight is 406 g/mol. The Morgan fingerprint density at radius 1 is 1.24 bits per heavy atom. The van der Waals surface area contributed by atoms with Gasteiger partial charge in [0.25, 0.3) is 11.5 Å². The van der Waals surface area contributed by atoms with Crippen LogP contribution in [0, 0.1) is 6.92 Å². The lowest BCUT2D eigenvalue weighted by Crippen LogP contribution is -2.40. The van der Waals surface area contributed by atoms with E-state index in [9.17, 15) is 9.59 Å². The molecule has 0 unspecified atom stereocenters. The minimum atomic E-state index is -0.220. The summed E-state index contributed by atoms with van der Waals surface area (Å²) in [4.78, 5) is 35.1. The molecule has 1 amide bonds. The van der Waals surface area contributed by atoms with Crippen LogP contribution >= 0.6 is 11.3 Å². The van der Waals surface area contributed by atoms with Gasteiger partial charge in [0.15, 0.2) is 11.6 Å². The fraction of sp³-hybridized carbons (Fsp3) is 0.250. The number of carbonyl (C=O) groups is 1. The molecular weight excluding hydrogens is 388 g/mol. The molecule has 4 heterocycles. The third-order valence-electron chi connectivity index (χ3n) is 5.27. The molecule has 0 saturated heterocycles. The normalized spacial score (nSPS) is 16.2. The van der Waals surface area contributed by atoms with Crippen molar-refractivity contribution in [2.24, 2.45) is 0 Å². The smallest absolute Gasteiger partial charge is 0.264 e. The monoisotopic (exact) mass is 406 g/mol. The lowest BCUT2D eigenvalue weighted by Gasteiger charge is -2.32. The van der Waals surface area contributed by atoms with E-state index in [1.54, 1.807) is 11.8 Å². The molecule has 0 bridgehead atoms. The van der Waals surface area contributed by atoms with Gasteiger partial charge in [-0.05, 0) is 19.4 Å². The Kier molecular flexibility index (Phi) is 4.06. The van der Waals surface area contributed by atoms with E-state index in [0.717, 1.165) is 17.2 Å². The van der Waals surface area contributed by atoms with E-state index < -0.39 is 0 Å². The minimum Gasteiger partial charge on any atom is -0.328 e. The van der Waals surface area contributed by atoms with Gasteiger partial charge >= 0.3 is 0 Å². The van der Waals surface area contributed by atoms with Crippen molar-refractivity contribution in [3.8, 4) is 11.4 Å². The molecule has 1 aliphatic rings. The average Bonchev–Trinajstić information content (AvgIpc) is 3.30. The minimum absolute atomic E-state index is 0.0316. The molecular formula is C20H18N6O2S. The first-order valence-corrected chi connectivity index (χ1v) is 10.1. The lowest BCUT2D eigenvalue weighted by molar-refractivity contribution is 0.0686. The van der Waals surface area contributed by atoms with Gasteiger partial charge in [-0.3, -0.25) is 9.59 Å². The molecule has 29 heavy (non-hydrogen) atoms. The van der Waals surface area contributed by atoms with Crippen molar-refractivity contribution in [1.29, 1.82) is 0 Å². The van der Waals surface area contributed by atoms with Crippen LogP contribution in [0.3, 0.4) is 0 Å². The van der Waals surface area contributed by atoms with Gasteiger partial charge in [-0.25, -0.2) is 4.98 Å². The topological polar surface area (TPSA) is 96.8 Å². The number of amides is 1. The SMILES string of the molecule is Cc1c(C(=O)N2Cc3nnc(-c4ccccc4)n3[C@@H](C)C2)sc2nc[nH]c(=O)c12. The zero-order valence-electron chi connectivity index (χ0n) is 15.9. The number of fused-ring (bicyclic) bond motifs is 2. The van der Waals surface area contributed by atoms with E-state index in [4.69, 9.17) is 0 Å². The summed E-state index contributed by atoms with van der Waals surface area (Å²) in [6, 6.07) is 9.96. The maximum atomic E-state index is 13.3. The third-order valence-corrected chi connectivity index (χ3v) is 6.46. The molecule has 0 spiro atoms. The Hall–Kier alpha value is -3.33. The van der Waals surface area contributed by atoms with Crippen LogP contribution in [0.25, 0.3) is 21.6 Å². The van der Waals surface area contributed by atoms with Crippen molar-refractivity contribution in [2.75, 3.05) is 6.54 Å². The number of rotatable bonds is 2. The van der Waals surface area contributed by atoms with Crippen molar-refractivity contribution in [3.05, 3.63) is 63.3 Å². The van der Waals surface area contributed by atoms with Crippen LogP contribution in [-0.2, 0) is 6.54 Å². The molecule has 5 rings (SSSR count). The van der Waals surface area contributed by atoms with E-state index in [-0.39, 0.29) is 17.5 Å². The molecule has 146 valence electrons. The van der Waals surface area contributed by atoms with Crippen molar-refractivity contribution in [3.63, 3.8) is 0 Å². The highest BCUT2D eigenvalue weighted by molar-refractivity contribution is 7.20. The van der Waals surface area contributed by atoms with E-state index in [1.165, 1.54) is 17.7 Å². The molecule has 1 atom stereocenters. The molecule has 0 aliphatic carbocycles. The van der Waals surface area contributed by atoms with Crippen LogP contribution in [0.4, 0.5) is 0 Å². The van der Waals surface area contributed by atoms with Crippen LogP contribution in [0.1, 0.15) is 34.0 Å². The van der Waals surface area contributed by atoms with Crippen LogP contribution in [-0.4, -0.2) is 42.1 Å². The number of aromatic nitrogens is 5. The third kappa shape index (κ3) is 2.77. The number of hydrogen-bond donors (Lipinski definition) is 1. The zero-order valence-corrected chi connectivity index (χ0v) is 16.7. The van der Waals surface area contributed by atoms with Gasteiger partial charge in [-0.2, -0.15) is 0 Å². The van der Waals surface area contributed by atoms with E-state index in [2.05, 4.69) is 31.7 Å². The largest absolute Gasteiger partial charge is 0.328 e. The maximum Gasteiger partial charge on any atom is 0.264 e. The van der Waals surface area contributed by atoms with Gasteiger partial charge in [-0.15, -0.1) is 21.5 Å². The van der Waals surface area contributed by atoms with Crippen molar-refractivity contribution >= 4 is 27.5 Å². The van der Waals surface area contributed by atoms with Crippen molar-refractivity contribution < 1.29 is 4.79 Å². The molecule has 3 aromatic heterocycles. The number of hydrogen-bond acceptors (Lipinski definition) is 6. The van der Waals surface area contributed by atoms with Gasteiger partial charge in [0, 0.05) is 12.1 Å². The Morgan fingerprint density at radius 2 is 2.03 bits per heavy atom. The zero-order chi connectivity index (χ0) is 20.1. The van der Waals surface area contributed by atoms with E-state index in [0.29, 0.717) is 33.7 Å². The molecule has 1 N–H and O–H groups in total. The first-order valence-electron chi connectivity index (χ1n) is 9.30. The van der Waals surface area contributed by atoms with Crippen LogP contribution in [0.15, 0.2) is 41.5 Å². The molecule has 0 saturated carbocycles. The Labute approximate surface area is 169 Å². The Morgan fingerprint density at radius 3 is 2.79 bits per heavy atom. The summed E-state index contributed by atoms with van der Waals surface area (Å²) < 4.78 is 2.10. The maximum absolute atomic E-state index is 13.3. The summed E-state index contributed by atoms with van der Waals surface area (Å²) in [7, 11) is 0. The summed E-state index contributed by atoms with van der Waals surface area (Å²) in [6.07, 6.45) is 1.37. The number of thiophene rings is 1. The van der Waals surface area contributed by atoms with Crippen LogP contribution < -0.4 is 5.56 Å². The number of benzene rings is 1. The summed E-state index contributed by atoms with van der Waals surface area (Å²) in [5.74, 6) is 1.46. The molecule has 4 aromatic rings.